The van der Waals surface area contributed by atoms with E-state index in [2.05, 4.69) is 0 Å². The van der Waals surface area contributed by atoms with Crippen LogP contribution < -0.4 is 4.72 Å². The van der Waals surface area contributed by atoms with Crippen LogP contribution in [-0.4, -0.2) is 31.1 Å². The minimum atomic E-state index is -4.43. The molecular weight excluding hydrogens is 286 g/mol. The fourth-order valence-corrected chi connectivity index (χ4v) is 2.54. The Morgan fingerprint density at radius 2 is 2.00 bits per heavy atom. The molecule has 10 heteroatoms. The van der Waals surface area contributed by atoms with Crippen molar-refractivity contribution in [1.82, 2.24) is 4.72 Å². The molecule has 7 nitrogen and oxygen atoms in total. The molecule has 0 aromatic heterocycles. The maximum absolute atomic E-state index is 13.4. The lowest BCUT2D eigenvalue weighted by Crippen LogP contribution is -2.35. The van der Waals surface area contributed by atoms with Gasteiger partial charge in [0.15, 0.2) is 0 Å². The molecule has 1 atom stereocenters. The number of sulfonamides is 1. The van der Waals surface area contributed by atoms with E-state index in [9.17, 15) is 27.3 Å². The molecule has 2 N–H and O–H groups in total. The molecule has 0 saturated carbocycles. The minimum absolute atomic E-state index is 0.121. The molecule has 0 unspecified atom stereocenters. The molecule has 0 bridgehead atoms. The molecule has 0 aliphatic heterocycles. The Morgan fingerprint density at radius 1 is 1.42 bits per heavy atom. The summed E-state index contributed by atoms with van der Waals surface area (Å²) >= 11 is 0. The summed E-state index contributed by atoms with van der Waals surface area (Å²) in [6, 6.07) is -0.513. The number of aliphatic hydroxyl groups excluding tert-OH is 1. The van der Waals surface area contributed by atoms with E-state index in [0.29, 0.717) is 0 Å². The van der Waals surface area contributed by atoms with Crippen molar-refractivity contribution in [2.24, 2.45) is 0 Å². The Morgan fingerprint density at radius 3 is 2.47 bits per heavy atom. The average molecular weight is 296 g/mol. The number of benzene rings is 1. The molecule has 0 amide bonds. The van der Waals surface area contributed by atoms with Crippen LogP contribution in [0.5, 0.6) is 0 Å². The molecule has 106 valence electrons. The van der Waals surface area contributed by atoms with Crippen LogP contribution in [0.25, 0.3) is 0 Å². The molecular formula is C9H10F2N2O5S. The minimum Gasteiger partial charge on any atom is -0.395 e. The SMILES string of the molecule is C[C@@H](CO)NS(=O)(=O)c1cc([N+](=O)[O-])c(F)cc1F. The quantitative estimate of drug-likeness (QED) is 0.608. The highest BCUT2D eigenvalue weighted by molar-refractivity contribution is 7.89. The van der Waals surface area contributed by atoms with Gasteiger partial charge in [0.05, 0.1) is 11.5 Å². The van der Waals surface area contributed by atoms with Crippen LogP contribution >= 0.6 is 0 Å². The van der Waals surface area contributed by atoms with Gasteiger partial charge < -0.3 is 5.11 Å². The van der Waals surface area contributed by atoms with Gasteiger partial charge in [0.1, 0.15) is 10.7 Å². The van der Waals surface area contributed by atoms with Crippen molar-refractivity contribution in [3.63, 3.8) is 0 Å². The highest BCUT2D eigenvalue weighted by atomic mass is 32.2. The van der Waals surface area contributed by atoms with Gasteiger partial charge in [-0.1, -0.05) is 0 Å². The van der Waals surface area contributed by atoms with Crippen LogP contribution in [0.1, 0.15) is 6.92 Å². The number of nitrogens with zero attached hydrogens (tertiary/aromatic N) is 1. The fourth-order valence-electron chi connectivity index (χ4n) is 1.23. The maximum Gasteiger partial charge on any atom is 0.306 e. The summed E-state index contributed by atoms with van der Waals surface area (Å²) in [7, 11) is -4.43. The first-order chi connectivity index (χ1) is 8.69. The summed E-state index contributed by atoms with van der Waals surface area (Å²) < 4.78 is 51.7. The Labute approximate surface area is 107 Å². The van der Waals surface area contributed by atoms with Crippen LogP contribution in [0, 0.1) is 21.7 Å². The van der Waals surface area contributed by atoms with E-state index in [1.165, 1.54) is 6.92 Å². The van der Waals surface area contributed by atoms with Gasteiger partial charge in [-0.15, -0.1) is 0 Å². The van der Waals surface area contributed by atoms with Gasteiger partial charge >= 0.3 is 5.69 Å². The van der Waals surface area contributed by atoms with Gasteiger partial charge in [-0.2, -0.15) is 4.39 Å². The third-order valence-electron chi connectivity index (χ3n) is 2.12. The summed E-state index contributed by atoms with van der Waals surface area (Å²) in [5.41, 5.74) is -1.15. The first-order valence-corrected chi connectivity index (χ1v) is 6.44. The van der Waals surface area contributed by atoms with Crippen molar-refractivity contribution in [1.29, 1.82) is 0 Å². The van der Waals surface area contributed by atoms with Crippen LogP contribution in [-0.2, 0) is 10.0 Å². The van der Waals surface area contributed by atoms with E-state index in [1.807, 2.05) is 4.72 Å². The lowest BCUT2D eigenvalue weighted by atomic mass is 10.3. The smallest absolute Gasteiger partial charge is 0.306 e. The van der Waals surface area contributed by atoms with Crippen molar-refractivity contribution >= 4 is 15.7 Å². The number of rotatable bonds is 5. The monoisotopic (exact) mass is 296 g/mol. The zero-order valence-electron chi connectivity index (χ0n) is 9.63. The van der Waals surface area contributed by atoms with Crippen LogP contribution in [0.3, 0.4) is 0 Å². The van der Waals surface area contributed by atoms with Crippen LogP contribution in [0.15, 0.2) is 17.0 Å². The molecule has 19 heavy (non-hydrogen) atoms. The van der Waals surface area contributed by atoms with Crippen LogP contribution in [0.4, 0.5) is 14.5 Å². The highest BCUT2D eigenvalue weighted by Crippen LogP contribution is 2.24. The van der Waals surface area contributed by atoms with E-state index in [4.69, 9.17) is 5.11 Å². The molecule has 0 aliphatic carbocycles. The zero-order valence-corrected chi connectivity index (χ0v) is 10.4. The highest BCUT2D eigenvalue weighted by Gasteiger charge is 2.27. The zero-order chi connectivity index (χ0) is 14.8. The molecule has 0 spiro atoms. The van der Waals surface area contributed by atoms with Crippen LogP contribution in [0.2, 0.25) is 0 Å². The van der Waals surface area contributed by atoms with Gasteiger partial charge in [0, 0.05) is 18.2 Å². The third-order valence-corrected chi connectivity index (χ3v) is 3.72. The molecule has 0 saturated heterocycles. The number of nitro benzene ring substituents is 1. The van der Waals surface area contributed by atoms with Crippen molar-refractivity contribution in [3.05, 3.63) is 33.9 Å². The van der Waals surface area contributed by atoms with Crippen molar-refractivity contribution < 1.29 is 27.2 Å². The predicted molar refractivity (Wildman–Crippen MR) is 59.9 cm³/mol. The molecule has 0 heterocycles. The molecule has 0 fully saturated rings. The van der Waals surface area contributed by atoms with E-state index in [1.54, 1.807) is 0 Å². The Kier molecular flexibility index (Phi) is 4.50. The van der Waals surface area contributed by atoms with Crippen molar-refractivity contribution in [2.45, 2.75) is 17.9 Å². The maximum atomic E-state index is 13.4. The van der Waals surface area contributed by atoms with Crippen molar-refractivity contribution in [2.75, 3.05) is 6.61 Å². The summed E-state index contributed by atoms with van der Waals surface area (Å²) in [6.45, 7) is 0.748. The van der Waals surface area contributed by atoms with Gasteiger partial charge in [-0.3, -0.25) is 10.1 Å². The number of hydrogen-bond donors (Lipinski definition) is 2. The number of nitrogens with one attached hydrogen (secondary N) is 1. The first kappa shape index (κ1) is 15.4. The number of aliphatic hydroxyl groups is 1. The molecule has 1 aromatic carbocycles. The largest absolute Gasteiger partial charge is 0.395 e. The van der Waals surface area contributed by atoms with Gasteiger partial charge in [-0.05, 0) is 6.92 Å². The molecule has 0 aliphatic rings. The third kappa shape index (κ3) is 3.43. The number of hydrogen-bond acceptors (Lipinski definition) is 5. The van der Waals surface area contributed by atoms with E-state index < -0.39 is 49.8 Å². The predicted octanol–water partition coefficient (Wildman–Crippen LogP) is 0.532. The number of halogens is 2. The lowest BCUT2D eigenvalue weighted by molar-refractivity contribution is -0.387. The normalized spacial score (nSPS) is 13.3. The second-order valence-electron chi connectivity index (χ2n) is 3.70. The first-order valence-electron chi connectivity index (χ1n) is 4.95. The fraction of sp³-hybridized carbons (Fsp3) is 0.333. The standard InChI is InChI=1S/C9H10F2N2O5S/c1-5(4-14)12-19(17,18)9-3-8(13(15)16)6(10)2-7(9)11/h2-3,5,12,14H,4H2,1H3/t5-/m0/s1. The molecule has 0 radical (unpaired) electrons. The summed E-state index contributed by atoms with van der Waals surface area (Å²) in [5, 5.41) is 19.2. The summed E-state index contributed by atoms with van der Waals surface area (Å²) in [5.74, 6) is -2.93. The Hall–Kier alpha value is -1.65. The Balaban J connectivity index is 3.34. The van der Waals surface area contributed by atoms with E-state index in [-0.39, 0.29) is 12.1 Å². The molecule has 1 aromatic rings. The second kappa shape index (κ2) is 5.55. The van der Waals surface area contributed by atoms with Crippen molar-refractivity contribution in [3.8, 4) is 0 Å². The van der Waals surface area contributed by atoms with Gasteiger partial charge in [-0.25, -0.2) is 17.5 Å². The summed E-state index contributed by atoms with van der Waals surface area (Å²) in [6.07, 6.45) is 0. The second-order valence-corrected chi connectivity index (χ2v) is 5.38. The lowest BCUT2D eigenvalue weighted by Gasteiger charge is -2.12. The topological polar surface area (TPSA) is 110 Å². The Bertz CT molecular complexity index is 605. The number of nitro groups is 1. The average Bonchev–Trinajstić information content (AvgIpc) is 2.27. The van der Waals surface area contributed by atoms with Gasteiger partial charge in [0.25, 0.3) is 0 Å². The molecule has 1 rings (SSSR count). The van der Waals surface area contributed by atoms with Gasteiger partial charge in [0.2, 0.25) is 15.8 Å². The van der Waals surface area contributed by atoms with E-state index in [0.717, 1.165) is 0 Å². The van der Waals surface area contributed by atoms with E-state index >= 15 is 0 Å². The summed E-state index contributed by atoms with van der Waals surface area (Å²) in [4.78, 5) is 8.26.